The smallest absolute Gasteiger partial charge is 0.182 e. The molecular formula is C17H18N6O2. The average molecular weight is 338 g/mol. The van der Waals surface area contributed by atoms with Crippen molar-refractivity contribution in [2.24, 2.45) is 0 Å². The van der Waals surface area contributed by atoms with Gasteiger partial charge in [0.2, 0.25) is 0 Å². The number of aromatic nitrogens is 4. The molecule has 4 rings (SSSR count). The quantitative estimate of drug-likeness (QED) is 0.756. The molecule has 3 N–H and O–H groups in total. The molecule has 0 saturated heterocycles. The Morgan fingerprint density at radius 2 is 1.88 bits per heavy atom. The third-order valence-corrected chi connectivity index (χ3v) is 3.88. The molecule has 3 aromatic rings. The van der Waals surface area contributed by atoms with Crippen molar-refractivity contribution in [3.05, 3.63) is 42.0 Å². The maximum absolute atomic E-state index is 6.27. The molecule has 8 nitrogen and oxygen atoms in total. The molecule has 0 atom stereocenters. The van der Waals surface area contributed by atoms with Crippen LogP contribution >= 0.6 is 0 Å². The molecule has 0 saturated carbocycles. The Morgan fingerprint density at radius 3 is 2.64 bits per heavy atom. The summed E-state index contributed by atoms with van der Waals surface area (Å²) in [5.41, 5.74) is 9.35. The second-order valence-corrected chi connectivity index (χ2v) is 5.78. The summed E-state index contributed by atoms with van der Waals surface area (Å²) in [5.74, 6) is 2.48. The number of anilines is 3. The van der Waals surface area contributed by atoms with Crippen molar-refractivity contribution >= 4 is 17.2 Å². The normalized spacial score (nSPS) is 12.9. The van der Waals surface area contributed by atoms with Crippen LogP contribution in [0.2, 0.25) is 0 Å². The van der Waals surface area contributed by atoms with Crippen molar-refractivity contribution < 1.29 is 9.47 Å². The number of nitrogens with two attached hydrogens (primary N) is 1. The van der Waals surface area contributed by atoms with Crippen LogP contribution in [0.15, 0.2) is 30.6 Å². The highest BCUT2D eigenvalue weighted by atomic mass is 16.6. The zero-order valence-corrected chi connectivity index (χ0v) is 14.0. The highest BCUT2D eigenvalue weighted by Gasteiger charge is 2.15. The lowest BCUT2D eigenvalue weighted by Crippen LogP contribution is -2.15. The van der Waals surface area contributed by atoms with Crippen molar-refractivity contribution in [3.63, 3.8) is 0 Å². The topological polar surface area (TPSA) is 100 Å². The van der Waals surface area contributed by atoms with Gasteiger partial charge in [-0.25, -0.2) is 14.6 Å². The Balaban J connectivity index is 1.67. The lowest BCUT2D eigenvalue weighted by Gasteiger charge is -2.19. The third-order valence-electron chi connectivity index (χ3n) is 3.88. The van der Waals surface area contributed by atoms with Crippen molar-refractivity contribution in [1.29, 1.82) is 0 Å². The van der Waals surface area contributed by atoms with Crippen LogP contribution in [-0.4, -0.2) is 33.0 Å². The van der Waals surface area contributed by atoms with E-state index in [1.165, 1.54) is 6.33 Å². The number of fused-ring (bicyclic) bond motifs is 1. The van der Waals surface area contributed by atoms with Gasteiger partial charge in [-0.15, -0.1) is 0 Å². The van der Waals surface area contributed by atoms with Gasteiger partial charge in [-0.05, 0) is 32.0 Å². The Kier molecular flexibility index (Phi) is 3.64. The molecule has 0 amide bonds. The largest absolute Gasteiger partial charge is 0.486 e. The Hall–Kier alpha value is -3.29. The summed E-state index contributed by atoms with van der Waals surface area (Å²) in [6.07, 6.45) is 1.46. The van der Waals surface area contributed by atoms with E-state index in [9.17, 15) is 0 Å². The standard InChI is InChI=1S/C17H18N6O2/c1-10-7-11(2)23(22-10)17-15(18)16(19-9-20-17)21-12-3-4-13-14(8-12)25-6-5-24-13/h3-4,7-9H,5-6,18H2,1-2H3,(H,19,20,21). The highest BCUT2D eigenvalue weighted by Crippen LogP contribution is 2.34. The van der Waals surface area contributed by atoms with Gasteiger partial charge < -0.3 is 20.5 Å². The molecule has 0 unspecified atom stereocenters. The lowest BCUT2D eigenvalue weighted by molar-refractivity contribution is 0.171. The van der Waals surface area contributed by atoms with Crippen LogP contribution in [0.1, 0.15) is 11.4 Å². The third kappa shape index (κ3) is 2.82. The van der Waals surface area contributed by atoms with E-state index in [0.29, 0.717) is 36.3 Å². The van der Waals surface area contributed by atoms with Crippen molar-refractivity contribution in [1.82, 2.24) is 19.7 Å². The molecule has 1 aromatic carbocycles. The average Bonchev–Trinajstić information content (AvgIpc) is 2.95. The summed E-state index contributed by atoms with van der Waals surface area (Å²) in [6.45, 7) is 4.98. The first kappa shape index (κ1) is 15.3. The van der Waals surface area contributed by atoms with Gasteiger partial charge in [-0.1, -0.05) is 0 Å². The minimum absolute atomic E-state index is 0.420. The highest BCUT2D eigenvalue weighted by molar-refractivity contribution is 5.74. The number of hydrogen-bond acceptors (Lipinski definition) is 7. The van der Waals surface area contributed by atoms with Gasteiger partial charge in [-0.3, -0.25) is 0 Å². The first-order valence-corrected chi connectivity index (χ1v) is 7.92. The zero-order valence-electron chi connectivity index (χ0n) is 14.0. The molecule has 0 aliphatic carbocycles. The molecule has 1 aliphatic heterocycles. The van der Waals surface area contributed by atoms with Crippen LogP contribution in [-0.2, 0) is 0 Å². The minimum atomic E-state index is 0.420. The lowest BCUT2D eigenvalue weighted by atomic mass is 10.2. The van der Waals surface area contributed by atoms with Crippen LogP contribution in [0, 0.1) is 13.8 Å². The molecule has 8 heteroatoms. The van der Waals surface area contributed by atoms with E-state index in [0.717, 1.165) is 22.8 Å². The van der Waals surface area contributed by atoms with Gasteiger partial charge in [0.15, 0.2) is 23.1 Å². The summed E-state index contributed by atoms with van der Waals surface area (Å²) in [7, 11) is 0. The van der Waals surface area contributed by atoms with E-state index in [1.807, 2.05) is 38.1 Å². The molecule has 0 bridgehead atoms. The molecule has 2 aromatic heterocycles. The predicted octanol–water partition coefficient (Wildman–Crippen LogP) is 2.38. The van der Waals surface area contributed by atoms with Crippen LogP contribution in [0.3, 0.4) is 0 Å². The summed E-state index contributed by atoms with van der Waals surface area (Å²) >= 11 is 0. The number of rotatable bonds is 3. The predicted molar refractivity (Wildman–Crippen MR) is 93.8 cm³/mol. The van der Waals surface area contributed by atoms with Crippen molar-refractivity contribution in [2.75, 3.05) is 24.3 Å². The van der Waals surface area contributed by atoms with E-state index in [4.69, 9.17) is 15.2 Å². The van der Waals surface area contributed by atoms with Crippen molar-refractivity contribution in [2.45, 2.75) is 13.8 Å². The van der Waals surface area contributed by atoms with Gasteiger partial charge in [-0.2, -0.15) is 5.10 Å². The van der Waals surface area contributed by atoms with Gasteiger partial charge in [0.1, 0.15) is 25.2 Å². The van der Waals surface area contributed by atoms with Crippen LogP contribution < -0.4 is 20.5 Å². The minimum Gasteiger partial charge on any atom is -0.486 e. The number of hydrogen-bond donors (Lipinski definition) is 2. The number of ether oxygens (including phenoxy) is 2. The van der Waals surface area contributed by atoms with E-state index in [1.54, 1.807) is 4.68 Å². The second-order valence-electron chi connectivity index (χ2n) is 5.78. The summed E-state index contributed by atoms with van der Waals surface area (Å²) < 4.78 is 12.8. The molecule has 3 heterocycles. The summed E-state index contributed by atoms with van der Waals surface area (Å²) in [6, 6.07) is 7.57. The summed E-state index contributed by atoms with van der Waals surface area (Å²) in [5, 5.41) is 7.64. The molecule has 0 radical (unpaired) electrons. The zero-order chi connectivity index (χ0) is 17.4. The Morgan fingerprint density at radius 1 is 1.08 bits per heavy atom. The second kappa shape index (κ2) is 5.97. The van der Waals surface area contributed by atoms with Crippen LogP contribution in [0.5, 0.6) is 11.5 Å². The molecule has 25 heavy (non-hydrogen) atoms. The summed E-state index contributed by atoms with van der Waals surface area (Å²) in [4.78, 5) is 8.52. The Labute approximate surface area is 144 Å². The van der Waals surface area contributed by atoms with E-state index < -0.39 is 0 Å². The monoisotopic (exact) mass is 338 g/mol. The van der Waals surface area contributed by atoms with Crippen LogP contribution in [0.4, 0.5) is 17.2 Å². The number of benzene rings is 1. The number of nitrogens with one attached hydrogen (secondary N) is 1. The fraction of sp³-hybridized carbons (Fsp3) is 0.235. The maximum Gasteiger partial charge on any atom is 0.182 e. The fourth-order valence-corrected chi connectivity index (χ4v) is 2.76. The van der Waals surface area contributed by atoms with Crippen LogP contribution in [0.25, 0.3) is 5.82 Å². The fourth-order valence-electron chi connectivity index (χ4n) is 2.76. The molecule has 1 aliphatic rings. The van der Waals surface area contributed by atoms with Gasteiger partial charge in [0, 0.05) is 17.4 Å². The first-order valence-electron chi connectivity index (χ1n) is 7.92. The Bertz CT molecular complexity index is 937. The van der Waals surface area contributed by atoms with E-state index in [2.05, 4.69) is 20.4 Å². The number of nitrogen functional groups attached to an aromatic ring is 1. The van der Waals surface area contributed by atoms with Gasteiger partial charge in [0.25, 0.3) is 0 Å². The molecule has 0 spiro atoms. The molecule has 128 valence electrons. The van der Waals surface area contributed by atoms with Crippen molar-refractivity contribution in [3.8, 4) is 17.3 Å². The first-order chi connectivity index (χ1) is 12.1. The van der Waals surface area contributed by atoms with E-state index >= 15 is 0 Å². The van der Waals surface area contributed by atoms with Gasteiger partial charge >= 0.3 is 0 Å². The molecular weight excluding hydrogens is 320 g/mol. The van der Waals surface area contributed by atoms with E-state index in [-0.39, 0.29) is 0 Å². The number of aryl methyl sites for hydroxylation is 2. The SMILES string of the molecule is Cc1cc(C)n(-c2ncnc(Nc3ccc4c(c3)OCCO4)c2N)n1. The number of nitrogens with zero attached hydrogens (tertiary/aromatic N) is 4. The molecule has 0 fully saturated rings. The maximum atomic E-state index is 6.27. The van der Waals surface area contributed by atoms with Gasteiger partial charge in [0.05, 0.1) is 5.69 Å².